The van der Waals surface area contributed by atoms with E-state index in [2.05, 4.69) is 15.5 Å². The summed E-state index contributed by atoms with van der Waals surface area (Å²) in [6.07, 6.45) is 3.19. The first-order chi connectivity index (χ1) is 12.0. The molecule has 25 heavy (non-hydrogen) atoms. The minimum atomic E-state index is -0.334. The van der Waals surface area contributed by atoms with E-state index in [-0.39, 0.29) is 11.2 Å². The predicted molar refractivity (Wildman–Crippen MR) is 97.0 cm³/mol. The molecule has 1 unspecified atom stereocenters. The van der Waals surface area contributed by atoms with Crippen molar-refractivity contribution in [2.45, 2.75) is 30.8 Å². The van der Waals surface area contributed by atoms with Gasteiger partial charge in [-0.25, -0.2) is 0 Å². The molecule has 0 radical (unpaired) electrons. The van der Waals surface area contributed by atoms with Crippen LogP contribution in [-0.2, 0) is 11.3 Å². The van der Waals surface area contributed by atoms with Crippen LogP contribution in [0.2, 0.25) is 5.02 Å². The number of nitrogens with zero attached hydrogens (tertiary/aromatic N) is 3. The molecule has 0 aliphatic rings. The van der Waals surface area contributed by atoms with Crippen LogP contribution in [0.5, 0.6) is 0 Å². The Morgan fingerprint density at radius 3 is 3.00 bits per heavy atom. The quantitative estimate of drug-likeness (QED) is 0.665. The zero-order chi connectivity index (χ0) is 17.8. The number of benzene rings is 1. The Morgan fingerprint density at radius 1 is 1.44 bits per heavy atom. The summed E-state index contributed by atoms with van der Waals surface area (Å²) in [5.74, 6) is 0.612. The summed E-state index contributed by atoms with van der Waals surface area (Å²) in [6.45, 7) is 4.12. The first-order valence-corrected chi connectivity index (χ1v) is 8.93. The van der Waals surface area contributed by atoms with Crippen LogP contribution in [0.1, 0.15) is 18.2 Å². The van der Waals surface area contributed by atoms with Gasteiger partial charge in [0.15, 0.2) is 5.16 Å². The molecule has 1 atom stereocenters. The third-order valence-corrected chi connectivity index (χ3v) is 5.08. The average Bonchev–Trinajstić information content (AvgIpc) is 3.27. The molecule has 3 rings (SSSR count). The average molecular weight is 377 g/mol. The summed E-state index contributed by atoms with van der Waals surface area (Å²) in [5, 5.41) is 11.9. The molecule has 1 amide bonds. The summed E-state index contributed by atoms with van der Waals surface area (Å²) in [7, 11) is 0. The van der Waals surface area contributed by atoms with Gasteiger partial charge in [-0.1, -0.05) is 29.4 Å². The molecule has 0 spiro atoms. The van der Waals surface area contributed by atoms with Crippen LogP contribution in [-0.4, -0.2) is 25.9 Å². The highest BCUT2D eigenvalue weighted by Gasteiger charge is 2.18. The SMILES string of the molecule is Cc1ccc(-n2cnnc2SC(C)C(=O)NCc2ccco2)cc1Cl. The van der Waals surface area contributed by atoms with Crippen LogP contribution in [0.25, 0.3) is 5.69 Å². The van der Waals surface area contributed by atoms with E-state index in [1.807, 2.05) is 42.7 Å². The van der Waals surface area contributed by atoms with Gasteiger partial charge in [-0.15, -0.1) is 10.2 Å². The fourth-order valence-corrected chi connectivity index (χ4v) is 3.20. The molecule has 0 saturated heterocycles. The molecule has 6 nitrogen and oxygen atoms in total. The van der Waals surface area contributed by atoms with Crippen LogP contribution >= 0.6 is 23.4 Å². The molecule has 0 bridgehead atoms. The van der Waals surface area contributed by atoms with E-state index >= 15 is 0 Å². The normalized spacial score (nSPS) is 12.1. The zero-order valence-electron chi connectivity index (χ0n) is 13.8. The fraction of sp³-hybridized carbons (Fsp3) is 0.235. The van der Waals surface area contributed by atoms with Crippen molar-refractivity contribution in [3.8, 4) is 5.69 Å². The van der Waals surface area contributed by atoms with Crippen molar-refractivity contribution in [3.05, 3.63) is 59.3 Å². The van der Waals surface area contributed by atoms with E-state index in [1.165, 1.54) is 11.8 Å². The Bertz CT molecular complexity index is 863. The lowest BCUT2D eigenvalue weighted by Gasteiger charge is -2.12. The molecular weight excluding hydrogens is 360 g/mol. The van der Waals surface area contributed by atoms with Crippen LogP contribution in [0.3, 0.4) is 0 Å². The Hall–Kier alpha value is -2.25. The first-order valence-electron chi connectivity index (χ1n) is 7.68. The standard InChI is InChI=1S/C17H17ClN4O2S/c1-11-5-6-13(8-15(11)18)22-10-20-21-17(22)25-12(2)16(23)19-9-14-4-3-7-24-14/h3-8,10,12H,9H2,1-2H3,(H,19,23). The second-order valence-corrected chi connectivity index (χ2v) is 7.19. The second-order valence-electron chi connectivity index (χ2n) is 5.47. The van der Waals surface area contributed by atoms with Gasteiger partial charge in [0, 0.05) is 5.02 Å². The molecular formula is C17H17ClN4O2S. The number of nitrogens with one attached hydrogen (secondary N) is 1. The third kappa shape index (κ3) is 4.24. The lowest BCUT2D eigenvalue weighted by molar-refractivity contribution is -0.120. The first kappa shape index (κ1) is 17.6. The van der Waals surface area contributed by atoms with Crippen LogP contribution in [0, 0.1) is 6.92 Å². The Kier molecular flexibility index (Phi) is 5.45. The van der Waals surface area contributed by atoms with E-state index in [1.54, 1.807) is 18.7 Å². The summed E-state index contributed by atoms with van der Waals surface area (Å²) in [5.41, 5.74) is 1.85. The van der Waals surface area contributed by atoms with Crippen molar-refractivity contribution < 1.29 is 9.21 Å². The van der Waals surface area contributed by atoms with Crippen molar-refractivity contribution >= 4 is 29.3 Å². The maximum absolute atomic E-state index is 12.3. The maximum atomic E-state index is 12.3. The summed E-state index contributed by atoms with van der Waals surface area (Å²) in [6, 6.07) is 9.33. The summed E-state index contributed by atoms with van der Waals surface area (Å²) >= 11 is 7.53. The Labute approximate surface area is 154 Å². The number of rotatable bonds is 6. The zero-order valence-corrected chi connectivity index (χ0v) is 15.3. The van der Waals surface area contributed by atoms with E-state index in [0.29, 0.717) is 22.5 Å². The number of aryl methyl sites for hydroxylation is 1. The highest BCUT2D eigenvalue weighted by atomic mass is 35.5. The minimum absolute atomic E-state index is 0.0992. The van der Waals surface area contributed by atoms with Crippen molar-refractivity contribution in [2.24, 2.45) is 0 Å². The van der Waals surface area contributed by atoms with Gasteiger partial charge in [0.05, 0.1) is 23.7 Å². The molecule has 1 aromatic carbocycles. The van der Waals surface area contributed by atoms with Crippen molar-refractivity contribution in [1.29, 1.82) is 0 Å². The number of furan rings is 1. The fourth-order valence-electron chi connectivity index (χ4n) is 2.16. The second kappa shape index (κ2) is 7.76. The van der Waals surface area contributed by atoms with E-state index in [0.717, 1.165) is 11.3 Å². The molecule has 0 aliphatic carbocycles. The van der Waals surface area contributed by atoms with Crippen LogP contribution in [0.4, 0.5) is 0 Å². The molecule has 2 aromatic heterocycles. The van der Waals surface area contributed by atoms with Crippen LogP contribution in [0.15, 0.2) is 52.5 Å². The molecule has 130 valence electrons. The molecule has 0 aliphatic heterocycles. The van der Waals surface area contributed by atoms with Gasteiger partial charge in [0.2, 0.25) is 5.91 Å². The number of aromatic nitrogens is 3. The van der Waals surface area contributed by atoms with Gasteiger partial charge in [0.25, 0.3) is 0 Å². The molecule has 0 fully saturated rings. The van der Waals surface area contributed by atoms with Gasteiger partial charge < -0.3 is 9.73 Å². The highest BCUT2D eigenvalue weighted by molar-refractivity contribution is 8.00. The van der Waals surface area contributed by atoms with Gasteiger partial charge in [-0.3, -0.25) is 9.36 Å². The molecule has 8 heteroatoms. The van der Waals surface area contributed by atoms with Crippen LogP contribution < -0.4 is 5.32 Å². The minimum Gasteiger partial charge on any atom is -0.467 e. The summed E-state index contributed by atoms with van der Waals surface area (Å²) < 4.78 is 7.02. The lowest BCUT2D eigenvalue weighted by Crippen LogP contribution is -2.30. The number of halogens is 1. The number of thioether (sulfide) groups is 1. The monoisotopic (exact) mass is 376 g/mol. The third-order valence-electron chi connectivity index (χ3n) is 3.62. The van der Waals surface area contributed by atoms with E-state index in [9.17, 15) is 4.79 Å². The van der Waals surface area contributed by atoms with Gasteiger partial charge in [0.1, 0.15) is 12.1 Å². The lowest BCUT2D eigenvalue weighted by atomic mass is 10.2. The molecule has 2 heterocycles. The predicted octanol–water partition coefficient (Wildman–Crippen LogP) is 3.62. The van der Waals surface area contributed by atoms with Crippen molar-refractivity contribution in [2.75, 3.05) is 0 Å². The van der Waals surface area contributed by atoms with Gasteiger partial charge in [-0.2, -0.15) is 0 Å². The van der Waals surface area contributed by atoms with Crippen molar-refractivity contribution in [3.63, 3.8) is 0 Å². The largest absolute Gasteiger partial charge is 0.467 e. The number of hydrogen-bond acceptors (Lipinski definition) is 5. The summed E-state index contributed by atoms with van der Waals surface area (Å²) in [4.78, 5) is 12.3. The van der Waals surface area contributed by atoms with Crippen molar-refractivity contribution in [1.82, 2.24) is 20.1 Å². The Morgan fingerprint density at radius 2 is 2.28 bits per heavy atom. The number of amides is 1. The number of carbonyl (C=O) groups excluding carboxylic acids is 1. The topological polar surface area (TPSA) is 73.0 Å². The molecule has 1 N–H and O–H groups in total. The highest BCUT2D eigenvalue weighted by Crippen LogP contribution is 2.26. The smallest absolute Gasteiger partial charge is 0.233 e. The maximum Gasteiger partial charge on any atom is 0.233 e. The van der Waals surface area contributed by atoms with Gasteiger partial charge >= 0.3 is 0 Å². The molecule has 0 saturated carbocycles. The van der Waals surface area contributed by atoms with E-state index in [4.69, 9.17) is 16.0 Å². The van der Waals surface area contributed by atoms with E-state index < -0.39 is 0 Å². The molecule has 3 aromatic rings. The van der Waals surface area contributed by atoms with Gasteiger partial charge in [-0.05, 0) is 43.7 Å². The Balaban J connectivity index is 1.67. The number of carbonyl (C=O) groups is 1. The number of hydrogen-bond donors (Lipinski definition) is 1.